The summed E-state index contributed by atoms with van der Waals surface area (Å²) in [4.78, 5) is 0. The molecule has 0 radical (unpaired) electrons. The molecule has 0 amide bonds. The standard InChI is InChI=1S/C23H23Cl2N3O/c24-21-8-4-17(13-22(21)25)15-29-20-6-2-16(3-7-20)1-5-19-14-23(28-27-19)18-9-11-26-12-10-18/h1-8,13-14,18,26H,9-12,15H2,(H,27,28)/b5-1+. The average Bonchev–Trinajstić information content (AvgIpc) is 3.24. The normalized spacial score (nSPS) is 15.1. The number of hydrogen-bond donors (Lipinski definition) is 2. The molecule has 1 saturated heterocycles. The average molecular weight is 428 g/mol. The molecule has 1 aliphatic rings. The van der Waals surface area contributed by atoms with E-state index in [1.54, 1.807) is 6.07 Å². The largest absolute Gasteiger partial charge is 0.489 e. The summed E-state index contributed by atoms with van der Waals surface area (Å²) in [6.45, 7) is 2.60. The Labute approximate surface area is 180 Å². The van der Waals surface area contributed by atoms with E-state index < -0.39 is 0 Å². The SMILES string of the molecule is Clc1ccc(COc2ccc(/C=C/c3cc(C4CCNCC4)[nH]n3)cc2)cc1Cl. The van der Waals surface area contributed by atoms with E-state index in [0.29, 0.717) is 22.6 Å². The molecule has 150 valence electrons. The van der Waals surface area contributed by atoms with Crippen molar-refractivity contribution < 1.29 is 4.74 Å². The molecule has 0 spiro atoms. The van der Waals surface area contributed by atoms with E-state index in [2.05, 4.69) is 27.7 Å². The second-order valence-electron chi connectivity index (χ2n) is 7.21. The third-order valence-corrected chi connectivity index (χ3v) is 5.85. The number of nitrogens with zero attached hydrogens (tertiary/aromatic N) is 1. The van der Waals surface area contributed by atoms with Crippen LogP contribution < -0.4 is 10.1 Å². The predicted octanol–water partition coefficient (Wildman–Crippen LogP) is 5.93. The Kier molecular flexibility index (Phi) is 6.55. The van der Waals surface area contributed by atoms with Crippen molar-refractivity contribution >= 4 is 35.4 Å². The zero-order valence-corrected chi connectivity index (χ0v) is 17.5. The van der Waals surface area contributed by atoms with Crippen LogP contribution in [-0.2, 0) is 6.61 Å². The summed E-state index contributed by atoms with van der Waals surface area (Å²) in [5.74, 6) is 1.39. The van der Waals surface area contributed by atoms with Crippen molar-refractivity contribution in [1.82, 2.24) is 15.5 Å². The van der Waals surface area contributed by atoms with E-state index in [9.17, 15) is 0 Å². The van der Waals surface area contributed by atoms with Gasteiger partial charge in [-0.3, -0.25) is 5.10 Å². The minimum atomic E-state index is 0.443. The first-order valence-electron chi connectivity index (χ1n) is 9.78. The lowest BCUT2D eigenvalue weighted by molar-refractivity contribution is 0.306. The second-order valence-corrected chi connectivity index (χ2v) is 8.03. The summed E-state index contributed by atoms with van der Waals surface area (Å²) in [6, 6.07) is 15.6. The molecule has 1 aromatic heterocycles. The molecule has 2 heterocycles. The van der Waals surface area contributed by atoms with Crippen molar-refractivity contribution in [2.45, 2.75) is 25.4 Å². The van der Waals surface area contributed by atoms with Gasteiger partial charge in [-0.15, -0.1) is 0 Å². The van der Waals surface area contributed by atoms with Crippen LogP contribution >= 0.6 is 23.2 Å². The van der Waals surface area contributed by atoms with Crippen molar-refractivity contribution in [3.63, 3.8) is 0 Å². The van der Waals surface area contributed by atoms with Crippen LogP contribution in [0.25, 0.3) is 12.2 Å². The van der Waals surface area contributed by atoms with Gasteiger partial charge in [-0.25, -0.2) is 0 Å². The Bertz CT molecular complexity index is 976. The molecule has 3 aromatic rings. The number of aromatic nitrogens is 2. The molecule has 4 rings (SSSR count). The Morgan fingerprint density at radius 2 is 1.76 bits per heavy atom. The van der Waals surface area contributed by atoms with Crippen molar-refractivity contribution in [1.29, 1.82) is 0 Å². The number of piperidine rings is 1. The fourth-order valence-corrected chi connectivity index (χ4v) is 3.75. The first-order valence-corrected chi connectivity index (χ1v) is 10.5. The highest BCUT2D eigenvalue weighted by Gasteiger charge is 2.16. The van der Waals surface area contributed by atoms with Gasteiger partial charge in [0, 0.05) is 11.6 Å². The molecule has 0 bridgehead atoms. The number of rotatable bonds is 6. The third kappa shape index (κ3) is 5.41. The quantitative estimate of drug-likeness (QED) is 0.512. The maximum absolute atomic E-state index is 6.04. The van der Waals surface area contributed by atoms with Crippen LogP contribution in [0.1, 0.15) is 41.3 Å². The number of nitrogens with one attached hydrogen (secondary N) is 2. The predicted molar refractivity (Wildman–Crippen MR) is 120 cm³/mol. The Balaban J connectivity index is 1.33. The summed E-state index contributed by atoms with van der Waals surface area (Å²) in [6.07, 6.45) is 6.42. The highest BCUT2D eigenvalue weighted by Crippen LogP contribution is 2.25. The van der Waals surface area contributed by atoms with Gasteiger partial charge in [0.05, 0.1) is 15.7 Å². The summed E-state index contributed by atoms with van der Waals surface area (Å²) < 4.78 is 5.83. The van der Waals surface area contributed by atoms with Gasteiger partial charge in [-0.1, -0.05) is 47.5 Å². The van der Waals surface area contributed by atoms with Crippen molar-refractivity contribution in [2.75, 3.05) is 13.1 Å². The van der Waals surface area contributed by atoms with Crippen LogP contribution in [0.5, 0.6) is 5.75 Å². The van der Waals surface area contributed by atoms with Gasteiger partial charge in [0.2, 0.25) is 0 Å². The van der Waals surface area contributed by atoms with Crippen molar-refractivity contribution in [3.8, 4) is 5.75 Å². The zero-order chi connectivity index (χ0) is 20.1. The van der Waals surface area contributed by atoms with Gasteiger partial charge in [0.15, 0.2) is 0 Å². The first kappa shape index (κ1) is 20.0. The lowest BCUT2D eigenvalue weighted by Crippen LogP contribution is -2.26. The Morgan fingerprint density at radius 1 is 0.966 bits per heavy atom. The highest BCUT2D eigenvalue weighted by molar-refractivity contribution is 6.42. The second kappa shape index (κ2) is 9.49. The minimum absolute atomic E-state index is 0.443. The van der Waals surface area contributed by atoms with E-state index in [0.717, 1.165) is 48.5 Å². The number of hydrogen-bond acceptors (Lipinski definition) is 3. The van der Waals surface area contributed by atoms with Gasteiger partial charge in [0.25, 0.3) is 0 Å². The Morgan fingerprint density at radius 3 is 2.52 bits per heavy atom. The number of H-pyrrole nitrogens is 1. The molecule has 0 unspecified atom stereocenters. The van der Waals surface area contributed by atoms with E-state index in [4.69, 9.17) is 27.9 Å². The smallest absolute Gasteiger partial charge is 0.119 e. The molecular formula is C23H23Cl2N3O. The topological polar surface area (TPSA) is 49.9 Å². The molecular weight excluding hydrogens is 405 g/mol. The van der Waals surface area contributed by atoms with Crippen molar-refractivity contribution in [2.24, 2.45) is 0 Å². The highest BCUT2D eigenvalue weighted by atomic mass is 35.5. The van der Waals surface area contributed by atoms with Crippen LogP contribution in [0, 0.1) is 0 Å². The van der Waals surface area contributed by atoms with E-state index in [1.165, 1.54) is 5.69 Å². The Hall–Kier alpha value is -2.27. The maximum atomic E-state index is 6.04. The van der Waals surface area contributed by atoms with E-state index >= 15 is 0 Å². The molecule has 2 N–H and O–H groups in total. The summed E-state index contributed by atoms with van der Waals surface area (Å²) in [5.41, 5.74) is 4.26. The molecule has 1 fully saturated rings. The van der Waals surface area contributed by atoms with Crippen LogP contribution in [0.15, 0.2) is 48.5 Å². The van der Waals surface area contributed by atoms with Gasteiger partial charge < -0.3 is 10.1 Å². The van der Waals surface area contributed by atoms with Crippen LogP contribution in [-0.4, -0.2) is 23.3 Å². The van der Waals surface area contributed by atoms with Gasteiger partial charge in [-0.05, 0) is 73.5 Å². The van der Waals surface area contributed by atoms with Crippen LogP contribution in [0.3, 0.4) is 0 Å². The zero-order valence-electron chi connectivity index (χ0n) is 16.0. The summed E-state index contributed by atoms with van der Waals surface area (Å²) in [7, 11) is 0. The van der Waals surface area contributed by atoms with E-state index in [1.807, 2.05) is 42.5 Å². The number of ether oxygens (including phenoxy) is 1. The van der Waals surface area contributed by atoms with Gasteiger partial charge in [0.1, 0.15) is 12.4 Å². The van der Waals surface area contributed by atoms with Crippen LogP contribution in [0.4, 0.5) is 0 Å². The molecule has 0 atom stereocenters. The lowest BCUT2D eigenvalue weighted by atomic mass is 9.94. The molecule has 0 saturated carbocycles. The van der Waals surface area contributed by atoms with Gasteiger partial charge in [-0.2, -0.15) is 5.10 Å². The van der Waals surface area contributed by atoms with E-state index in [-0.39, 0.29) is 0 Å². The fourth-order valence-electron chi connectivity index (χ4n) is 3.43. The lowest BCUT2D eigenvalue weighted by Gasteiger charge is -2.20. The number of benzene rings is 2. The molecule has 6 heteroatoms. The number of aromatic amines is 1. The minimum Gasteiger partial charge on any atom is -0.489 e. The monoisotopic (exact) mass is 427 g/mol. The third-order valence-electron chi connectivity index (χ3n) is 5.11. The molecule has 29 heavy (non-hydrogen) atoms. The first-order chi connectivity index (χ1) is 14.2. The van der Waals surface area contributed by atoms with Gasteiger partial charge >= 0.3 is 0 Å². The summed E-state index contributed by atoms with van der Waals surface area (Å²) >= 11 is 12.0. The van der Waals surface area contributed by atoms with Crippen LogP contribution in [0.2, 0.25) is 10.0 Å². The summed E-state index contributed by atoms with van der Waals surface area (Å²) in [5, 5.41) is 12.1. The molecule has 1 aliphatic heterocycles. The number of halogens is 2. The fraction of sp³-hybridized carbons (Fsp3) is 0.261. The molecule has 2 aromatic carbocycles. The van der Waals surface area contributed by atoms with Crippen molar-refractivity contribution in [3.05, 3.63) is 81.1 Å². The molecule has 4 nitrogen and oxygen atoms in total. The maximum Gasteiger partial charge on any atom is 0.119 e. The molecule has 0 aliphatic carbocycles.